The number of carboxylic acid groups (broad SMARTS) is 1. The van der Waals surface area contributed by atoms with Crippen LogP contribution in [0.3, 0.4) is 0 Å². The molecule has 0 aliphatic carbocycles. The number of hydrogen-bond donors (Lipinski definition) is 1. The van der Waals surface area contributed by atoms with E-state index in [1.807, 2.05) is 6.92 Å². The molecule has 1 N–H and O–H groups in total. The second kappa shape index (κ2) is 7.97. The molecule has 6 heteroatoms. The molecule has 0 fully saturated rings. The molecule has 102 valence electrons. The van der Waals surface area contributed by atoms with E-state index in [1.165, 1.54) is 12.1 Å². The van der Waals surface area contributed by atoms with Crippen LogP contribution in [-0.2, 0) is 9.63 Å². The molecule has 1 aromatic rings. The van der Waals surface area contributed by atoms with Gasteiger partial charge >= 0.3 is 11.9 Å². The minimum atomic E-state index is -1.11. The van der Waals surface area contributed by atoms with Crippen molar-refractivity contribution in [3.8, 4) is 0 Å². The molecule has 0 amide bonds. The molecule has 0 saturated heterocycles. The molecule has 0 aromatic heterocycles. The van der Waals surface area contributed by atoms with E-state index in [0.717, 1.165) is 19.3 Å². The Morgan fingerprint density at radius 3 is 2.68 bits per heavy atom. The van der Waals surface area contributed by atoms with Gasteiger partial charge in [-0.1, -0.05) is 31.9 Å². The maximum atomic E-state index is 11.2. The lowest BCUT2D eigenvalue weighted by Gasteiger charge is -1.98. The highest BCUT2D eigenvalue weighted by Gasteiger charge is 2.08. The minimum absolute atomic E-state index is 0.00767. The first-order valence-corrected chi connectivity index (χ1v) is 6.08. The van der Waals surface area contributed by atoms with Crippen molar-refractivity contribution in [3.05, 3.63) is 29.8 Å². The predicted molar refractivity (Wildman–Crippen MR) is 68.2 cm³/mol. The van der Waals surface area contributed by atoms with Crippen molar-refractivity contribution in [3.63, 3.8) is 0 Å². The van der Waals surface area contributed by atoms with Crippen molar-refractivity contribution in [2.75, 3.05) is 0 Å². The topological polar surface area (TPSA) is 88.3 Å². The van der Waals surface area contributed by atoms with Crippen LogP contribution < -0.4 is 0 Å². The van der Waals surface area contributed by atoms with Gasteiger partial charge in [0.15, 0.2) is 0 Å². The number of carbonyl (C=O) groups excluding carboxylic acids is 1. The molecule has 0 saturated carbocycles. The third kappa shape index (κ3) is 5.29. The first-order valence-electron chi connectivity index (χ1n) is 6.08. The summed E-state index contributed by atoms with van der Waals surface area (Å²) in [6.07, 6.45) is 3.00. The monoisotopic (exact) mass is 264 g/mol. The smallest absolute Gasteiger partial charge is 0.337 e. The molecule has 19 heavy (non-hydrogen) atoms. The molecule has 0 aliphatic rings. The fourth-order valence-corrected chi connectivity index (χ4v) is 1.42. The van der Waals surface area contributed by atoms with Crippen LogP contribution in [0.15, 0.2) is 34.7 Å². The van der Waals surface area contributed by atoms with E-state index in [-0.39, 0.29) is 17.7 Å². The van der Waals surface area contributed by atoms with E-state index in [4.69, 9.17) is 5.11 Å². The fraction of sp³-hybridized carbons (Fsp3) is 0.385. The molecule has 0 heterocycles. The Morgan fingerprint density at radius 2 is 2.00 bits per heavy atom. The molecule has 0 spiro atoms. The first-order chi connectivity index (χ1) is 9.15. The van der Waals surface area contributed by atoms with Crippen LogP contribution >= 0.6 is 0 Å². The summed E-state index contributed by atoms with van der Waals surface area (Å²) >= 11 is 0. The lowest BCUT2D eigenvalue weighted by atomic mass is 10.2. The SMILES string of the molecule is CCCCCC(=O)ON=Nc1ccccc1C(=O)O. The van der Waals surface area contributed by atoms with Crippen LogP contribution in [0.25, 0.3) is 0 Å². The van der Waals surface area contributed by atoms with Crippen molar-refractivity contribution in [2.45, 2.75) is 32.6 Å². The zero-order valence-corrected chi connectivity index (χ0v) is 10.7. The Labute approximate surface area is 111 Å². The summed E-state index contributed by atoms with van der Waals surface area (Å²) in [6, 6.07) is 6.10. The van der Waals surface area contributed by atoms with Crippen molar-refractivity contribution >= 4 is 17.6 Å². The second-order valence-electron chi connectivity index (χ2n) is 3.92. The van der Waals surface area contributed by atoms with Crippen molar-refractivity contribution in [1.29, 1.82) is 0 Å². The molecule has 6 nitrogen and oxygen atoms in total. The molecule has 1 rings (SSSR count). The van der Waals surface area contributed by atoms with Gasteiger partial charge in [-0.15, -0.1) is 5.11 Å². The van der Waals surface area contributed by atoms with E-state index < -0.39 is 11.9 Å². The lowest BCUT2D eigenvalue weighted by Crippen LogP contribution is -1.99. The van der Waals surface area contributed by atoms with Gasteiger partial charge in [-0.2, -0.15) is 0 Å². The quantitative estimate of drug-likeness (QED) is 0.463. The number of carboxylic acids is 1. The number of carbonyl (C=O) groups is 2. The molecular formula is C13H16N2O4. The molecule has 0 atom stereocenters. The highest BCUT2D eigenvalue weighted by atomic mass is 16.7. The molecule has 0 bridgehead atoms. The highest BCUT2D eigenvalue weighted by molar-refractivity contribution is 5.93. The number of benzene rings is 1. The van der Waals surface area contributed by atoms with Crippen molar-refractivity contribution in [1.82, 2.24) is 0 Å². The molecule has 1 aromatic carbocycles. The summed E-state index contributed by atoms with van der Waals surface area (Å²) in [7, 11) is 0. The lowest BCUT2D eigenvalue weighted by molar-refractivity contribution is -0.144. The van der Waals surface area contributed by atoms with E-state index >= 15 is 0 Å². The van der Waals surface area contributed by atoms with E-state index in [9.17, 15) is 9.59 Å². The Kier molecular flexibility index (Phi) is 6.21. The molecule has 0 radical (unpaired) electrons. The maximum Gasteiger partial charge on any atom is 0.337 e. The Hall–Kier alpha value is -2.24. The minimum Gasteiger partial charge on any atom is -0.478 e. The van der Waals surface area contributed by atoms with Gasteiger partial charge in [-0.25, -0.2) is 9.59 Å². The third-order valence-electron chi connectivity index (χ3n) is 2.41. The number of nitrogens with zero attached hydrogens (tertiary/aromatic N) is 2. The van der Waals surface area contributed by atoms with Crippen molar-refractivity contribution in [2.24, 2.45) is 10.4 Å². The van der Waals surface area contributed by atoms with Crippen LogP contribution in [0.4, 0.5) is 5.69 Å². The first kappa shape index (κ1) is 14.8. The van der Waals surface area contributed by atoms with Gasteiger partial charge in [-0.3, -0.25) is 4.84 Å². The summed E-state index contributed by atoms with van der Waals surface area (Å²) < 4.78 is 0. The van der Waals surface area contributed by atoms with E-state index in [2.05, 4.69) is 15.2 Å². The van der Waals surface area contributed by atoms with Gasteiger partial charge in [0.1, 0.15) is 5.69 Å². The van der Waals surface area contributed by atoms with Gasteiger partial charge < -0.3 is 5.11 Å². The van der Waals surface area contributed by atoms with Crippen LogP contribution in [0, 0.1) is 0 Å². The standard InChI is InChI=1S/C13H16N2O4/c1-2-3-4-9-12(16)19-15-14-11-8-6-5-7-10(11)13(17)18/h5-8H,2-4,9H2,1H3,(H,17,18). The molecule has 0 unspecified atom stereocenters. The third-order valence-corrected chi connectivity index (χ3v) is 2.41. The largest absolute Gasteiger partial charge is 0.478 e. The maximum absolute atomic E-state index is 11.2. The van der Waals surface area contributed by atoms with Crippen LogP contribution in [0.1, 0.15) is 43.0 Å². The van der Waals surface area contributed by atoms with E-state index in [0.29, 0.717) is 0 Å². The van der Waals surface area contributed by atoms with Crippen molar-refractivity contribution < 1.29 is 19.5 Å². The van der Waals surface area contributed by atoms with Gasteiger partial charge in [0.25, 0.3) is 0 Å². The van der Waals surface area contributed by atoms with Crippen LogP contribution in [0.5, 0.6) is 0 Å². The van der Waals surface area contributed by atoms with Gasteiger partial charge in [0.2, 0.25) is 0 Å². The summed E-state index contributed by atoms with van der Waals surface area (Å²) in [4.78, 5) is 26.7. The second-order valence-corrected chi connectivity index (χ2v) is 3.92. The average Bonchev–Trinajstić information content (AvgIpc) is 2.39. The Morgan fingerprint density at radius 1 is 1.26 bits per heavy atom. The average molecular weight is 264 g/mol. The van der Waals surface area contributed by atoms with E-state index in [1.54, 1.807) is 12.1 Å². The summed E-state index contributed by atoms with van der Waals surface area (Å²) in [6.45, 7) is 2.04. The van der Waals surface area contributed by atoms with Crippen LogP contribution in [0.2, 0.25) is 0 Å². The normalized spacial score (nSPS) is 10.6. The van der Waals surface area contributed by atoms with Gasteiger partial charge in [0, 0.05) is 11.7 Å². The number of unbranched alkanes of at least 4 members (excludes halogenated alkanes) is 2. The van der Waals surface area contributed by atoms with Crippen LogP contribution in [-0.4, -0.2) is 17.0 Å². The summed E-state index contributed by atoms with van der Waals surface area (Å²) in [5.41, 5.74) is 0.157. The fourth-order valence-electron chi connectivity index (χ4n) is 1.42. The highest BCUT2D eigenvalue weighted by Crippen LogP contribution is 2.18. The Balaban J connectivity index is 2.53. The molecule has 0 aliphatic heterocycles. The zero-order chi connectivity index (χ0) is 14.1. The number of hydrogen-bond acceptors (Lipinski definition) is 5. The zero-order valence-electron chi connectivity index (χ0n) is 10.7. The number of rotatable bonds is 7. The van der Waals surface area contributed by atoms with Gasteiger partial charge in [0.05, 0.1) is 5.56 Å². The number of aromatic carboxylic acids is 1. The summed E-state index contributed by atoms with van der Waals surface area (Å²) in [5, 5.41) is 15.8. The predicted octanol–water partition coefficient (Wildman–Crippen LogP) is 3.51. The van der Waals surface area contributed by atoms with Gasteiger partial charge in [-0.05, 0) is 18.6 Å². The molecular weight excluding hydrogens is 248 g/mol. The Bertz CT molecular complexity index is 471. The summed E-state index contributed by atoms with van der Waals surface area (Å²) in [5.74, 6) is -1.58.